The Labute approximate surface area is 131 Å². The molecular weight excluding hydrogens is 327 g/mol. The van der Waals surface area contributed by atoms with Crippen LogP contribution in [0.3, 0.4) is 0 Å². The molecule has 2 aromatic carbocycles. The third kappa shape index (κ3) is 2.48. The standard InChI is InChI=1S/C18H17O2Se/c1-4-13-14-8-6-7-9-16(14)21-17-11-12(20-5-2)10-15(19-3)18(13)17/h4,6-11H,1,5H2,2-3H3. The topological polar surface area (TPSA) is 18.5 Å². The third-order valence-corrected chi connectivity index (χ3v) is 5.79. The van der Waals surface area contributed by atoms with Gasteiger partial charge in [0.2, 0.25) is 0 Å². The van der Waals surface area contributed by atoms with Gasteiger partial charge in [0.25, 0.3) is 0 Å². The fraction of sp³-hybridized carbons (Fsp3) is 0.167. The Morgan fingerprint density at radius 1 is 1.19 bits per heavy atom. The van der Waals surface area contributed by atoms with Gasteiger partial charge < -0.3 is 0 Å². The van der Waals surface area contributed by atoms with Crippen molar-refractivity contribution in [3.63, 3.8) is 0 Å². The quantitative estimate of drug-likeness (QED) is 0.679. The number of allylic oxidation sites excluding steroid dienone is 1. The van der Waals surface area contributed by atoms with Crippen molar-refractivity contribution < 1.29 is 9.47 Å². The fourth-order valence-corrected chi connectivity index (χ4v) is 5.00. The van der Waals surface area contributed by atoms with Crippen molar-refractivity contribution in [2.75, 3.05) is 13.7 Å². The van der Waals surface area contributed by atoms with Gasteiger partial charge >= 0.3 is 132 Å². The second-order valence-electron chi connectivity index (χ2n) is 4.65. The Morgan fingerprint density at radius 2 is 2.00 bits per heavy atom. The third-order valence-electron chi connectivity index (χ3n) is 3.44. The second-order valence-corrected chi connectivity index (χ2v) is 6.92. The van der Waals surface area contributed by atoms with Crippen molar-refractivity contribution in [3.05, 3.63) is 60.5 Å². The molecule has 1 aliphatic rings. The van der Waals surface area contributed by atoms with Gasteiger partial charge in [0.1, 0.15) is 0 Å². The van der Waals surface area contributed by atoms with Crippen LogP contribution < -0.4 is 18.4 Å². The molecule has 0 fully saturated rings. The molecule has 0 bridgehead atoms. The molecular formula is C18H17O2Se. The van der Waals surface area contributed by atoms with Crippen LogP contribution in [0.25, 0.3) is 5.57 Å². The number of methoxy groups -OCH3 is 1. The molecule has 0 aromatic heterocycles. The molecule has 0 saturated heterocycles. The molecule has 1 heterocycles. The summed E-state index contributed by atoms with van der Waals surface area (Å²) < 4.78 is 13.9. The molecule has 0 aliphatic carbocycles. The van der Waals surface area contributed by atoms with Gasteiger partial charge in [-0.25, -0.2) is 0 Å². The molecule has 107 valence electrons. The molecule has 21 heavy (non-hydrogen) atoms. The van der Waals surface area contributed by atoms with E-state index in [4.69, 9.17) is 9.47 Å². The second kappa shape index (κ2) is 5.97. The molecule has 1 radical (unpaired) electrons. The normalized spacial score (nSPS) is 14.5. The molecule has 0 atom stereocenters. The van der Waals surface area contributed by atoms with Crippen LogP contribution in [-0.4, -0.2) is 28.7 Å². The SMILES string of the molecule is [CH2]C=C1c2ccccc2[Se]c2cc(OCC)cc(OC)c21. The van der Waals surface area contributed by atoms with Crippen LogP contribution in [0.5, 0.6) is 11.5 Å². The first-order valence-electron chi connectivity index (χ1n) is 6.90. The van der Waals surface area contributed by atoms with Crippen LogP contribution in [0.1, 0.15) is 18.1 Å². The van der Waals surface area contributed by atoms with Crippen LogP contribution in [0.15, 0.2) is 42.5 Å². The van der Waals surface area contributed by atoms with Gasteiger partial charge in [-0.05, 0) is 0 Å². The molecule has 0 unspecified atom stereocenters. The van der Waals surface area contributed by atoms with E-state index < -0.39 is 0 Å². The van der Waals surface area contributed by atoms with Crippen molar-refractivity contribution in [2.45, 2.75) is 6.92 Å². The van der Waals surface area contributed by atoms with Crippen LogP contribution >= 0.6 is 0 Å². The van der Waals surface area contributed by atoms with Gasteiger partial charge in [0.15, 0.2) is 0 Å². The zero-order valence-electron chi connectivity index (χ0n) is 12.2. The summed E-state index contributed by atoms with van der Waals surface area (Å²) in [6.07, 6.45) is 1.93. The van der Waals surface area contributed by atoms with Gasteiger partial charge in [-0.15, -0.1) is 0 Å². The number of fused-ring (bicyclic) bond motifs is 2. The first-order chi connectivity index (χ1) is 10.3. The van der Waals surface area contributed by atoms with E-state index in [1.54, 1.807) is 7.11 Å². The molecule has 0 amide bonds. The summed E-state index contributed by atoms with van der Waals surface area (Å²) in [6.45, 7) is 6.65. The van der Waals surface area contributed by atoms with E-state index in [0.717, 1.165) is 22.6 Å². The molecule has 0 spiro atoms. The van der Waals surface area contributed by atoms with Crippen LogP contribution in [0, 0.1) is 6.92 Å². The maximum absolute atomic E-state index is 5.67. The summed E-state index contributed by atoms with van der Waals surface area (Å²) in [7, 11) is 1.71. The van der Waals surface area contributed by atoms with Crippen LogP contribution in [-0.2, 0) is 0 Å². The van der Waals surface area contributed by atoms with Crippen molar-refractivity contribution in [3.8, 4) is 11.5 Å². The zero-order chi connectivity index (χ0) is 14.8. The molecule has 3 heteroatoms. The van der Waals surface area contributed by atoms with Crippen molar-refractivity contribution in [2.24, 2.45) is 0 Å². The number of hydrogen-bond acceptors (Lipinski definition) is 2. The van der Waals surface area contributed by atoms with Crippen molar-refractivity contribution in [1.29, 1.82) is 0 Å². The summed E-state index contributed by atoms with van der Waals surface area (Å²) in [5.74, 6) is 1.74. The Kier molecular flexibility index (Phi) is 4.05. The zero-order valence-corrected chi connectivity index (χ0v) is 13.9. The summed E-state index contributed by atoms with van der Waals surface area (Å²) in [5.41, 5.74) is 3.57. The Hall–Kier alpha value is -1.70. The Morgan fingerprint density at radius 3 is 2.71 bits per heavy atom. The first kappa shape index (κ1) is 14.2. The summed E-state index contributed by atoms with van der Waals surface area (Å²) in [6, 6.07) is 12.6. The van der Waals surface area contributed by atoms with E-state index in [1.807, 2.05) is 19.1 Å². The average Bonchev–Trinajstić information content (AvgIpc) is 2.52. The first-order valence-corrected chi connectivity index (χ1v) is 8.61. The van der Waals surface area contributed by atoms with E-state index in [1.165, 1.54) is 14.5 Å². The molecule has 3 rings (SSSR count). The summed E-state index contributed by atoms with van der Waals surface area (Å²) in [4.78, 5) is 0. The predicted molar refractivity (Wildman–Crippen MR) is 88.1 cm³/mol. The van der Waals surface area contributed by atoms with E-state index >= 15 is 0 Å². The predicted octanol–water partition coefficient (Wildman–Crippen LogP) is 2.33. The van der Waals surface area contributed by atoms with Gasteiger partial charge in [-0.3, -0.25) is 0 Å². The van der Waals surface area contributed by atoms with E-state index in [9.17, 15) is 0 Å². The van der Waals surface area contributed by atoms with E-state index in [-0.39, 0.29) is 15.0 Å². The van der Waals surface area contributed by atoms with Crippen LogP contribution in [0.4, 0.5) is 0 Å². The summed E-state index contributed by atoms with van der Waals surface area (Å²) in [5, 5.41) is 0. The number of hydrogen-bond donors (Lipinski definition) is 0. The maximum atomic E-state index is 5.67. The van der Waals surface area contributed by atoms with Gasteiger partial charge in [-0.2, -0.15) is 0 Å². The monoisotopic (exact) mass is 345 g/mol. The summed E-state index contributed by atoms with van der Waals surface area (Å²) >= 11 is 0.249. The van der Waals surface area contributed by atoms with Crippen molar-refractivity contribution >= 4 is 29.5 Å². The minimum atomic E-state index is 0.249. The molecule has 1 aliphatic heterocycles. The Bertz CT molecular complexity index is 704. The van der Waals surface area contributed by atoms with Gasteiger partial charge in [-0.1, -0.05) is 0 Å². The van der Waals surface area contributed by atoms with Crippen molar-refractivity contribution in [1.82, 2.24) is 0 Å². The fourth-order valence-electron chi connectivity index (χ4n) is 2.57. The van der Waals surface area contributed by atoms with E-state index in [2.05, 4.69) is 37.3 Å². The number of benzene rings is 2. The molecule has 2 aromatic rings. The van der Waals surface area contributed by atoms with Gasteiger partial charge in [0, 0.05) is 0 Å². The Balaban J connectivity index is 2.21. The molecule has 0 N–H and O–H groups in total. The number of rotatable bonds is 3. The van der Waals surface area contributed by atoms with Gasteiger partial charge in [0.05, 0.1) is 0 Å². The minimum absolute atomic E-state index is 0.249. The van der Waals surface area contributed by atoms with E-state index in [0.29, 0.717) is 6.61 Å². The molecule has 2 nitrogen and oxygen atoms in total. The average molecular weight is 344 g/mol. The van der Waals surface area contributed by atoms with Crippen LogP contribution in [0.2, 0.25) is 0 Å². The number of ether oxygens (including phenoxy) is 2. The molecule has 0 saturated carbocycles.